The predicted molar refractivity (Wildman–Crippen MR) is 71.7 cm³/mol. The molecule has 0 saturated heterocycles. The van der Waals surface area contributed by atoms with Crippen LogP contribution < -0.4 is 0 Å². The van der Waals surface area contributed by atoms with E-state index in [1.54, 1.807) is 0 Å². The van der Waals surface area contributed by atoms with E-state index in [0.29, 0.717) is 12.5 Å². The van der Waals surface area contributed by atoms with E-state index < -0.39 is 0 Å². The second-order valence-corrected chi connectivity index (χ2v) is 4.14. The first-order chi connectivity index (χ1) is 7.49. The van der Waals surface area contributed by atoms with Gasteiger partial charge in [-0.2, -0.15) is 0 Å². The Kier molecular flexibility index (Phi) is 12.2. The van der Waals surface area contributed by atoms with Gasteiger partial charge in [-0.05, 0) is 27.3 Å². The average molecular weight is 230 g/mol. The van der Waals surface area contributed by atoms with E-state index in [4.69, 9.17) is 0 Å². The number of carbonyl (C=O) groups excluding carboxylic acids is 1. The Hall–Kier alpha value is -0.570. The van der Waals surface area contributed by atoms with Crippen molar-refractivity contribution in [3.63, 3.8) is 0 Å². The van der Waals surface area contributed by atoms with Crippen LogP contribution >= 0.6 is 0 Å². The Balaban J connectivity index is 0. The highest BCUT2D eigenvalue weighted by molar-refractivity contribution is 5.75. The Morgan fingerprint density at radius 2 is 1.62 bits per heavy atom. The van der Waals surface area contributed by atoms with Crippen molar-refractivity contribution in [1.29, 1.82) is 0 Å². The lowest BCUT2D eigenvalue weighted by atomic mass is 10.3. The van der Waals surface area contributed by atoms with Crippen LogP contribution in [0.1, 0.15) is 47.5 Å². The van der Waals surface area contributed by atoms with Gasteiger partial charge in [-0.3, -0.25) is 4.79 Å². The van der Waals surface area contributed by atoms with Gasteiger partial charge in [0.05, 0.1) is 0 Å². The molecule has 1 amide bonds. The Morgan fingerprint density at radius 1 is 1.12 bits per heavy atom. The summed E-state index contributed by atoms with van der Waals surface area (Å²) in [5.41, 5.74) is 0. The van der Waals surface area contributed by atoms with Crippen molar-refractivity contribution in [3.8, 4) is 0 Å². The van der Waals surface area contributed by atoms with E-state index in [1.165, 1.54) is 0 Å². The minimum absolute atomic E-state index is 0.254. The number of likely N-dealkylation sites (N-methyl/N-ethyl adjacent to an activating group) is 2. The summed E-state index contributed by atoms with van der Waals surface area (Å²) in [4.78, 5) is 15.5. The number of rotatable bonds is 6. The number of nitrogens with zero attached hydrogens (tertiary/aromatic N) is 2. The second kappa shape index (κ2) is 10.9. The highest BCUT2D eigenvalue weighted by atomic mass is 16.2. The van der Waals surface area contributed by atoms with Crippen LogP contribution in [0.25, 0.3) is 0 Å². The van der Waals surface area contributed by atoms with Gasteiger partial charge in [0.2, 0.25) is 5.91 Å². The molecule has 0 N–H and O–H groups in total. The van der Waals surface area contributed by atoms with Crippen molar-refractivity contribution in [2.45, 2.75) is 53.5 Å². The predicted octanol–water partition coefficient (Wildman–Crippen LogP) is 2.61. The molecular weight excluding hydrogens is 200 g/mol. The molecule has 0 fully saturated rings. The Bertz CT molecular complexity index is 169. The topological polar surface area (TPSA) is 23.6 Å². The van der Waals surface area contributed by atoms with E-state index in [1.807, 2.05) is 32.7 Å². The SMILES string of the molecule is CC.CCCC(=O)N(C)CCN(C)C(C)C. The molecule has 0 aromatic heterocycles. The molecule has 0 aromatic rings. The molecule has 16 heavy (non-hydrogen) atoms. The Labute approximate surface area is 102 Å². The van der Waals surface area contributed by atoms with Gasteiger partial charge in [0.25, 0.3) is 0 Å². The van der Waals surface area contributed by atoms with Gasteiger partial charge in [-0.25, -0.2) is 0 Å². The largest absolute Gasteiger partial charge is 0.344 e. The highest BCUT2D eigenvalue weighted by Crippen LogP contribution is 1.97. The molecule has 0 heterocycles. The zero-order valence-electron chi connectivity index (χ0n) is 12.2. The molecule has 98 valence electrons. The summed E-state index contributed by atoms with van der Waals surface area (Å²) >= 11 is 0. The first-order valence-corrected chi connectivity index (χ1v) is 6.43. The third-order valence-corrected chi connectivity index (χ3v) is 2.56. The van der Waals surface area contributed by atoms with Gasteiger partial charge in [-0.15, -0.1) is 0 Å². The Morgan fingerprint density at radius 3 is 2.00 bits per heavy atom. The van der Waals surface area contributed by atoms with Crippen molar-refractivity contribution in [3.05, 3.63) is 0 Å². The van der Waals surface area contributed by atoms with Gasteiger partial charge in [-0.1, -0.05) is 20.8 Å². The second-order valence-electron chi connectivity index (χ2n) is 4.14. The summed E-state index contributed by atoms with van der Waals surface area (Å²) in [6, 6.07) is 0.546. The van der Waals surface area contributed by atoms with Crippen LogP contribution in [0.2, 0.25) is 0 Å². The van der Waals surface area contributed by atoms with Crippen molar-refractivity contribution in [1.82, 2.24) is 9.80 Å². The molecule has 0 unspecified atom stereocenters. The van der Waals surface area contributed by atoms with E-state index in [2.05, 4.69) is 25.8 Å². The van der Waals surface area contributed by atoms with Crippen LogP contribution in [-0.2, 0) is 4.79 Å². The third-order valence-electron chi connectivity index (χ3n) is 2.56. The highest BCUT2D eigenvalue weighted by Gasteiger charge is 2.09. The average Bonchev–Trinajstić information content (AvgIpc) is 2.28. The smallest absolute Gasteiger partial charge is 0.222 e. The summed E-state index contributed by atoms with van der Waals surface area (Å²) < 4.78 is 0. The van der Waals surface area contributed by atoms with E-state index in [9.17, 15) is 4.79 Å². The van der Waals surface area contributed by atoms with Crippen molar-refractivity contribution < 1.29 is 4.79 Å². The number of amides is 1. The van der Waals surface area contributed by atoms with E-state index >= 15 is 0 Å². The van der Waals surface area contributed by atoms with Crippen molar-refractivity contribution in [2.24, 2.45) is 0 Å². The zero-order chi connectivity index (χ0) is 13.1. The minimum Gasteiger partial charge on any atom is -0.344 e. The molecule has 3 nitrogen and oxygen atoms in total. The molecule has 0 aliphatic carbocycles. The molecule has 0 bridgehead atoms. The molecular formula is C13H30N2O. The maximum Gasteiger partial charge on any atom is 0.222 e. The number of hydrogen-bond donors (Lipinski definition) is 0. The zero-order valence-corrected chi connectivity index (χ0v) is 12.2. The summed E-state index contributed by atoms with van der Waals surface area (Å²) in [6.07, 6.45) is 1.60. The summed E-state index contributed by atoms with van der Waals surface area (Å²) in [6.45, 7) is 12.1. The molecule has 0 rings (SSSR count). The van der Waals surface area contributed by atoms with Crippen LogP contribution in [0.5, 0.6) is 0 Å². The van der Waals surface area contributed by atoms with E-state index in [0.717, 1.165) is 19.5 Å². The summed E-state index contributed by atoms with van der Waals surface area (Å²) in [5.74, 6) is 0.254. The fraction of sp³-hybridized carbons (Fsp3) is 0.923. The standard InChI is InChI=1S/C11H24N2O.C2H6/c1-6-7-11(14)13(5)9-8-12(4)10(2)3;1-2/h10H,6-9H2,1-5H3;1-2H3. The summed E-state index contributed by atoms with van der Waals surface area (Å²) in [5, 5.41) is 0. The monoisotopic (exact) mass is 230 g/mol. The van der Waals surface area contributed by atoms with Gasteiger partial charge in [0, 0.05) is 32.6 Å². The lowest BCUT2D eigenvalue weighted by Crippen LogP contribution is -2.37. The molecule has 3 heteroatoms. The van der Waals surface area contributed by atoms with Crippen LogP contribution in [0.15, 0.2) is 0 Å². The number of carbonyl (C=O) groups is 1. The minimum atomic E-state index is 0.254. The maximum absolute atomic E-state index is 11.4. The van der Waals surface area contributed by atoms with Gasteiger partial charge in [0.1, 0.15) is 0 Å². The van der Waals surface area contributed by atoms with Crippen LogP contribution in [0.3, 0.4) is 0 Å². The van der Waals surface area contributed by atoms with Gasteiger partial charge >= 0.3 is 0 Å². The molecule has 0 aliphatic rings. The molecule has 0 atom stereocenters. The first-order valence-electron chi connectivity index (χ1n) is 6.43. The molecule has 0 saturated carbocycles. The quantitative estimate of drug-likeness (QED) is 0.700. The lowest BCUT2D eigenvalue weighted by Gasteiger charge is -2.24. The molecule has 0 aliphatic heterocycles. The third kappa shape index (κ3) is 8.72. The maximum atomic E-state index is 11.4. The van der Waals surface area contributed by atoms with Crippen molar-refractivity contribution >= 4 is 5.91 Å². The molecule has 0 aromatic carbocycles. The van der Waals surface area contributed by atoms with Gasteiger partial charge < -0.3 is 9.80 Å². The normalized spacial score (nSPS) is 10.1. The summed E-state index contributed by atoms with van der Waals surface area (Å²) in [7, 11) is 3.97. The van der Waals surface area contributed by atoms with Crippen molar-refractivity contribution in [2.75, 3.05) is 27.2 Å². The lowest BCUT2D eigenvalue weighted by molar-refractivity contribution is -0.130. The fourth-order valence-corrected chi connectivity index (χ4v) is 1.10. The number of hydrogen-bond acceptors (Lipinski definition) is 2. The van der Waals surface area contributed by atoms with E-state index in [-0.39, 0.29) is 5.91 Å². The van der Waals surface area contributed by atoms with Crippen LogP contribution in [0.4, 0.5) is 0 Å². The van der Waals surface area contributed by atoms with Gasteiger partial charge in [0.15, 0.2) is 0 Å². The first kappa shape index (κ1) is 17.8. The van der Waals surface area contributed by atoms with Crippen LogP contribution in [-0.4, -0.2) is 48.9 Å². The fourth-order valence-electron chi connectivity index (χ4n) is 1.10. The molecule has 0 radical (unpaired) electrons. The molecule has 0 spiro atoms. The van der Waals surface area contributed by atoms with Crippen LogP contribution in [0, 0.1) is 0 Å².